The smallest absolute Gasteiger partial charge is 0.326 e. The molecule has 0 aliphatic heterocycles. The molecule has 0 saturated heterocycles. The lowest BCUT2D eigenvalue weighted by Gasteiger charge is -2.27. The normalized spacial score (nSPS) is 12.9. The van der Waals surface area contributed by atoms with Crippen molar-refractivity contribution in [3.8, 4) is 0 Å². The van der Waals surface area contributed by atoms with Gasteiger partial charge in [0.1, 0.15) is 6.04 Å². The van der Waals surface area contributed by atoms with Gasteiger partial charge in [-0.15, -0.1) is 0 Å². The predicted octanol–water partition coefficient (Wildman–Crippen LogP) is 1.34. The van der Waals surface area contributed by atoms with E-state index >= 15 is 0 Å². The van der Waals surface area contributed by atoms with Crippen molar-refractivity contribution >= 4 is 12.0 Å². The van der Waals surface area contributed by atoms with Crippen molar-refractivity contribution in [2.45, 2.75) is 47.2 Å². The van der Waals surface area contributed by atoms with Crippen molar-refractivity contribution < 1.29 is 14.7 Å². The van der Waals surface area contributed by atoms with E-state index in [1.165, 1.54) is 0 Å². The van der Waals surface area contributed by atoms with Gasteiger partial charge >= 0.3 is 12.0 Å². The molecular formula is C14H24N4O3. The van der Waals surface area contributed by atoms with Crippen molar-refractivity contribution in [2.24, 2.45) is 12.5 Å². The van der Waals surface area contributed by atoms with Crippen LogP contribution in [-0.4, -0.2) is 32.9 Å². The maximum absolute atomic E-state index is 11.9. The van der Waals surface area contributed by atoms with E-state index in [9.17, 15) is 14.7 Å². The highest BCUT2D eigenvalue weighted by Crippen LogP contribution is 2.19. The summed E-state index contributed by atoms with van der Waals surface area (Å²) in [6.07, 6.45) is 0. The van der Waals surface area contributed by atoms with Crippen LogP contribution in [0.15, 0.2) is 0 Å². The van der Waals surface area contributed by atoms with Crippen LogP contribution in [0.3, 0.4) is 0 Å². The molecule has 2 amide bonds. The maximum atomic E-state index is 11.9. The van der Waals surface area contributed by atoms with E-state index in [2.05, 4.69) is 15.7 Å². The van der Waals surface area contributed by atoms with Crippen LogP contribution >= 0.6 is 0 Å². The zero-order valence-electron chi connectivity index (χ0n) is 13.4. The third-order valence-electron chi connectivity index (χ3n) is 3.47. The summed E-state index contributed by atoms with van der Waals surface area (Å²) in [6.45, 7) is 9.40. The highest BCUT2D eigenvalue weighted by Gasteiger charge is 2.32. The van der Waals surface area contributed by atoms with E-state index in [4.69, 9.17) is 0 Å². The Morgan fingerprint density at radius 1 is 1.33 bits per heavy atom. The molecule has 1 aromatic heterocycles. The Balaban J connectivity index is 2.68. The minimum absolute atomic E-state index is 0.313. The first kappa shape index (κ1) is 17.0. The average Bonchev–Trinajstić information content (AvgIpc) is 2.56. The highest BCUT2D eigenvalue weighted by molar-refractivity contribution is 5.83. The third-order valence-corrected chi connectivity index (χ3v) is 3.47. The fraction of sp³-hybridized carbons (Fsp3) is 0.643. The van der Waals surface area contributed by atoms with Crippen molar-refractivity contribution in [3.05, 3.63) is 17.0 Å². The van der Waals surface area contributed by atoms with Gasteiger partial charge in [-0.25, -0.2) is 9.59 Å². The minimum Gasteiger partial charge on any atom is -0.480 e. The molecule has 1 rings (SSSR count). The molecule has 0 fully saturated rings. The van der Waals surface area contributed by atoms with Crippen molar-refractivity contribution in [1.82, 2.24) is 20.4 Å². The second kappa shape index (κ2) is 6.15. The van der Waals surface area contributed by atoms with Gasteiger partial charge in [-0.05, 0) is 19.3 Å². The number of aliphatic carboxylic acids is 1. The van der Waals surface area contributed by atoms with E-state index in [-0.39, 0.29) is 0 Å². The lowest BCUT2D eigenvalue weighted by Crippen LogP contribution is -2.52. The lowest BCUT2D eigenvalue weighted by molar-refractivity contribution is -0.141. The number of aryl methyl sites for hydroxylation is 2. The predicted molar refractivity (Wildman–Crippen MR) is 78.9 cm³/mol. The molecule has 3 N–H and O–H groups in total. The number of nitrogens with zero attached hydrogens (tertiary/aromatic N) is 2. The first-order valence-corrected chi connectivity index (χ1v) is 6.80. The number of amides is 2. The summed E-state index contributed by atoms with van der Waals surface area (Å²) in [7, 11) is 1.84. The van der Waals surface area contributed by atoms with E-state index in [0.29, 0.717) is 6.54 Å². The van der Waals surface area contributed by atoms with Crippen LogP contribution in [-0.2, 0) is 18.4 Å². The fourth-order valence-electron chi connectivity index (χ4n) is 2.07. The molecule has 1 aromatic rings. The summed E-state index contributed by atoms with van der Waals surface area (Å²) < 4.78 is 1.75. The van der Waals surface area contributed by atoms with Gasteiger partial charge in [-0.2, -0.15) is 5.10 Å². The topological polar surface area (TPSA) is 96.3 Å². The number of carboxylic acid groups (broad SMARTS) is 1. The van der Waals surface area contributed by atoms with Gasteiger partial charge in [0.15, 0.2) is 0 Å². The van der Waals surface area contributed by atoms with Crippen LogP contribution < -0.4 is 10.6 Å². The zero-order valence-corrected chi connectivity index (χ0v) is 13.4. The Kier molecular flexibility index (Phi) is 4.98. The Bertz CT molecular complexity index is 543. The van der Waals surface area contributed by atoms with E-state index in [1.54, 1.807) is 25.5 Å². The molecular weight excluding hydrogens is 272 g/mol. The van der Waals surface area contributed by atoms with Crippen LogP contribution in [0.25, 0.3) is 0 Å². The van der Waals surface area contributed by atoms with Crippen LogP contribution in [0, 0.1) is 19.3 Å². The molecule has 1 atom stereocenters. The molecule has 0 bridgehead atoms. The number of aromatic nitrogens is 2. The van der Waals surface area contributed by atoms with Crippen LogP contribution in [0.5, 0.6) is 0 Å². The standard InChI is InChI=1S/C14H24N4O3/c1-8-10(9(2)18(6)17-8)7-15-13(21)16-11(12(19)20)14(3,4)5/h11H,7H2,1-6H3,(H,19,20)(H2,15,16,21). The van der Waals surface area contributed by atoms with E-state index in [0.717, 1.165) is 17.0 Å². The minimum atomic E-state index is -1.05. The summed E-state index contributed by atoms with van der Waals surface area (Å²) in [5.41, 5.74) is 2.19. The molecule has 7 heteroatoms. The Hall–Kier alpha value is -2.05. The van der Waals surface area contributed by atoms with E-state index in [1.807, 2.05) is 20.9 Å². The Morgan fingerprint density at radius 2 is 1.90 bits per heavy atom. The van der Waals surface area contributed by atoms with Crippen molar-refractivity contribution in [1.29, 1.82) is 0 Å². The number of hydrogen-bond donors (Lipinski definition) is 3. The Morgan fingerprint density at radius 3 is 2.29 bits per heavy atom. The fourth-order valence-corrected chi connectivity index (χ4v) is 2.07. The van der Waals surface area contributed by atoms with Gasteiger partial charge in [-0.1, -0.05) is 20.8 Å². The summed E-state index contributed by atoms with van der Waals surface area (Å²) in [4.78, 5) is 23.1. The summed E-state index contributed by atoms with van der Waals surface area (Å²) in [6, 6.07) is -1.45. The second-order valence-electron chi connectivity index (χ2n) is 6.24. The number of rotatable bonds is 4. The number of carbonyl (C=O) groups excluding carboxylic acids is 1. The first-order valence-electron chi connectivity index (χ1n) is 6.80. The molecule has 7 nitrogen and oxygen atoms in total. The number of hydrogen-bond acceptors (Lipinski definition) is 3. The molecule has 118 valence electrons. The largest absolute Gasteiger partial charge is 0.480 e. The van der Waals surface area contributed by atoms with Gasteiger partial charge in [0.25, 0.3) is 0 Å². The molecule has 21 heavy (non-hydrogen) atoms. The monoisotopic (exact) mass is 296 g/mol. The third kappa shape index (κ3) is 4.21. The van der Waals surface area contributed by atoms with Crippen LogP contribution in [0.4, 0.5) is 4.79 Å². The SMILES string of the molecule is Cc1nn(C)c(C)c1CNC(=O)NC(C(=O)O)C(C)(C)C. The molecule has 0 aliphatic rings. The van der Waals surface area contributed by atoms with Gasteiger partial charge in [-0.3, -0.25) is 4.68 Å². The summed E-state index contributed by atoms with van der Waals surface area (Å²) in [5, 5.41) is 18.6. The molecule has 0 aromatic carbocycles. The maximum Gasteiger partial charge on any atom is 0.326 e. The lowest BCUT2D eigenvalue weighted by atomic mass is 9.87. The molecule has 1 heterocycles. The molecule has 0 aliphatic carbocycles. The van der Waals surface area contributed by atoms with Gasteiger partial charge in [0.2, 0.25) is 0 Å². The first-order chi connectivity index (χ1) is 9.54. The quantitative estimate of drug-likeness (QED) is 0.781. The van der Waals surface area contributed by atoms with Gasteiger partial charge in [0, 0.05) is 24.8 Å². The van der Waals surface area contributed by atoms with Gasteiger partial charge in [0.05, 0.1) is 5.69 Å². The average molecular weight is 296 g/mol. The summed E-state index contributed by atoms with van der Waals surface area (Å²) in [5.74, 6) is -1.05. The number of carbonyl (C=O) groups is 2. The summed E-state index contributed by atoms with van der Waals surface area (Å²) >= 11 is 0. The molecule has 0 radical (unpaired) electrons. The molecule has 0 saturated carbocycles. The van der Waals surface area contributed by atoms with Crippen LogP contribution in [0.2, 0.25) is 0 Å². The van der Waals surface area contributed by atoms with Gasteiger partial charge < -0.3 is 15.7 Å². The molecule has 1 unspecified atom stereocenters. The number of nitrogens with one attached hydrogen (secondary N) is 2. The van der Waals surface area contributed by atoms with E-state index < -0.39 is 23.5 Å². The van der Waals surface area contributed by atoms with Crippen LogP contribution in [0.1, 0.15) is 37.7 Å². The van der Waals surface area contributed by atoms with Crippen molar-refractivity contribution in [3.63, 3.8) is 0 Å². The van der Waals surface area contributed by atoms with Crippen molar-refractivity contribution in [2.75, 3.05) is 0 Å². The molecule has 0 spiro atoms. The Labute approximate surface area is 124 Å². The highest BCUT2D eigenvalue weighted by atomic mass is 16.4. The number of urea groups is 1. The number of carboxylic acids is 1. The zero-order chi connectivity index (χ0) is 16.4. The second-order valence-corrected chi connectivity index (χ2v) is 6.24.